The molecular formula is C28H29N3O5S. The van der Waals surface area contributed by atoms with E-state index >= 15 is 0 Å². The molecule has 0 saturated heterocycles. The van der Waals surface area contributed by atoms with Crippen molar-refractivity contribution in [2.75, 3.05) is 26.9 Å². The van der Waals surface area contributed by atoms with Crippen molar-refractivity contribution >= 4 is 51.3 Å². The molecular weight excluding hydrogens is 490 g/mol. The molecule has 1 aliphatic rings. The Bertz CT molecular complexity index is 1400. The molecule has 0 bridgehead atoms. The van der Waals surface area contributed by atoms with E-state index in [1.54, 1.807) is 20.1 Å². The summed E-state index contributed by atoms with van der Waals surface area (Å²) >= 11 is 1.20. The topological polar surface area (TPSA) is 102 Å². The van der Waals surface area contributed by atoms with Crippen molar-refractivity contribution in [3.05, 3.63) is 82.1 Å². The Morgan fingerprint density at radius 3 is 2.65 bits per heavy atom. The Balaban J connectivity index is 1.71. The van der Waals surface area contributed by atoms with Gasteiger partial charge in [-0.3, -0.25) is 4.79 Å². The average Bonchev–Trinajstić information content (AvgIpc) is 3.38. The Hall–Kier alpha value is -3.82. The van der Waals surface area contributed by atoms with Crippen LogP contribution in [0.4, 0.5) is 5.69 Å². The number of rotatable bonds is 9. The first kappa shape index (κ1) is 26.2. The van der Waals surface area contributed by atoms with Crippen LogP contribution in [-0.2, 0) is 25.6 Å². The van der Waals surface area contributed by atoms with E-state index in [-0.39, 0.29) is 30.4 Å². The van der Waals surface area contributed by atoms with Gasteiger partial charge in [-0.2, -0.15) is 0 Å². The molecule has 3 aromatic rings. The van der Waals surface area contributed by atoms with Crippen molar-refractivity contribution in [3.8, 4) is 0 Å². The lowest BCUT2D eigenvalue weighted by atomic mass is 10.1. The van der Waals surface area contributed by atoms with Gasteiger partial charge in [0.25, 0.3) is 0 Å². The number of carbonyl (C=O) groups is 2. The lowest BCUT2D eigenvalue weighted by Gasteiger charge is -2.06. The number of thioether (sulfide) groups is 1. The van der Waals surface area contributed by atoms with Crippen LogP contribution in [0.5, 0.6) is 0 Å². The summed E-state index contributed by atoms with van der Waals surface area (Å²) in [6.07, 6.45) is 3.67. The Labute approximate surface area is 219 Å². The average molecular weight is 520 g/mol. The second-order valence-electron chi connectivity index (χ2n) is 8.38. The third-order valence-electron chi connectivity index (χ3n) is 5.68. The highest BCUT2D eigenvalue weighted by atomic mass is 32.2. The molecule has 2 heterocycles. The number of fused-ring (bicyclic) bond motifs is 1. The number of aryl methyl sites for hydroxylation is 1. The molecule has 0 aliphatic carbocycles. The number of aliphatic hydroxyl groups is 1. The van der Waals surface area contributed by atoms with Gasteiger partial charge in [-0.1, -0.05) is 47.7 Å². The van der Waals surface area contributed by atoms with Crippen LogP contribution in [0.1, 0.15) is 18.1 Å². The van der Waals surface area contributed by atoms with Crippen molar-refractivity contribution in [2.24, 2.45) is 4.99 Å². The number of methoxy groups -OCH3 is 1. The summed E-state index contributed by atoms with van der Waals surface area (Å²) < 4.78 is 12.1. The Morgan fingerprint density at radius 1 is 1.16 bits per heavy atom. The van der Waals surface area contributed by atoms with Gasteiger partial charge in [-0.15, -0.1) is 0 Å². The van der Waals surface area contributed by atoms with E-state index in [2.05, 4.69) is 10.3 Å². The third-order valence-corrected chi connectivity index (χ3v) is 6.70. The highest BCUT2D eigenvalue weighted by Gasteiger charge is 2.33. The standard InChI is InChI=1S/C28H29N3O5S/c1-4-36-28(34)25-26(33)23(37-27(25)30-20-11-9-18(2)10-12-20)15-19-16-31(17-24(32)29-13-14-35-3)22-8-6-5-7-21(19)22/h5-12,15-16,33H,4,13-14,17H2,1-3H3,(H,29,32)/b23-15-,30-27?. The lowest BCUT2D eigenvalue weighted by Crippen LogP contribution is -2.30. The fourth-order valence-corrected chi connectivity index (χ4v) is 4.92. The van der Waals surface area contributed by atoms with Gasteiger partial charge in [-0.05, 0) is 38.1 Å². The number of hydrogen-bond donors (Lipinski definition) is 2. The molecule has 37 heavy (non-hydrogen) atoms. The van der Waals surface area contributed by atoms with E-state index in [1.165, 1.54) is 11.8 Å². The zero-order valence-electron chi connectivity index (χ0n) is 21.0. The third kappa shape index (κ3) is 6.12. The number of aliphatic imine (C=N–C) groups is 1. The van der Waals surface area contributed by atoms with Crippen LogP contribution in [0.2, 0.25) is 0 Å². The Kier molecular flexibility index (Phi) is 8.47. The van der Waals surface area contributed by atoms with Gasteiger partial charge in [0.1, 0.15) is 22.9 Å². The number of para-hydroxylation sites is 1. The van der Waals surface area contributed by atoms with E-state index < -0.39 is 5.97 Å². The monoisotopic (exact) mass is 519 g/mol. The normalized spacial score (nSPS) is 15.6. The minimum atomic E-state index is -0.628. The molecule has 0 fully saturated rings. The van der Waals surface area contributed by atoms with Gasteiger partial charge in [0.2, 0.25) is 5.91 Å². The number of nitrogens with zero attached hydrogens (tertiary/aromatic N) is 2. The van der Waals surface area contributed by atoms with Crippen LogP contribution in [0.25, 0.3) is 17.0 Å². The zero-order valence-corrected chi connectivity index (χ0v) is 21.8. The van der Waals surface area contributed by atoms with E-state index in [4.69, 9.17) is 9.47 Å². The number of aromatic nitrogens is 1. The number of nitrogens with one attached hydrogen (secondary N) is 1. The molecule has 4 rings (SSSR count). The van der Waals surface area contributed by atoms with Gasteiger partial charge in [0, 0.05) is 36.3 Å². The van der Waals surface area contributed by atoms with E-state index in [0.29, 0.717) is 28.8 Å². The number of aliphatic hydroxyl groups excluding tert-OH is 1. The fraction of sp³-hybridized carbons (Fsp3) is 0.250. The molecule has 0 unspecified atom stereocenters. The molecule has 0 atom stereocenters. The van der Waals surface area contributed by atoms with Crippen LogP contribution in [0.15, 0.2) is 76.0 Å². The molecule has 192 valence electrons. The van der Waals surface area contributed by atoms with E-state index in [0.717, 1.165) is 22.0 Å². The van der Waals surface area contributed by atoms with Crippen molar-refractivity contribution in [3.63, 3.8) is 0 Å². The first-order valence-electron chi connectivity index (χ1n) is 11.9. The predicted molar refractivity (Wildman–Crippen MR) is 147 cm³/mol. The smallest absolute Gasteiger partial charge is 0.344 e. The van der Waals surface area contributed by atoms with Crippen molar-refractivity contribution in [2.45, 2.75) is 20.4 Å². The second-order valence-corrected chi connectivity index (χ2v) is 9.41. The van der Waals surface area contributed by atoms with Gasteiger partial charge < -0.3 is 24.5 Å². The maximum atomic E-state index is 12.7. The maximum absolute atomic E-state index is 12.7. The van der Waals surface area contributed by atoms with Crippen LogP contribution < -0.4 is 5.32 Å². The fourth-order valence-electron chi connectivity index (χ4n) is 3.89. The van der Waals surface area contributed by atoms with E-state index in [1.807, 2.05) is 66.2 Å². The first-order valence-corrected chi connectivity index (χ1v) is 12.7. The minimum absolute atomic E-state index is 0.0416. The predicted octanol–water partition coefficient (Wildman–Crippen LogP) is 4.91. The lowest BCUT2D eigenvalue weighted by molar-refractivity contribution is -0.138. The number of hydrogen-bond acceptors (Lipinski definition) is 7. The molecule has 1 amide bonds. The van der Waals surface area contributed by atoms with Crippen LogP contribution in [-0.4, -0.2) is 53.5 Å². The Morgan fingerprint density at radius 2 is 1.92 bits per heavy atom. The molecule has 0 spiro atoms. The number of benzene rings is 2. The minimum Gasteiger partial charge on any atom is -0.506 e. The molecule has 2 N–H and O–H groups in total. The molecule has 0 saturated carbocycles. The summed E-state index contributed by atoms with van der Waals surface area (Å²) in [4.78, 5) is 30.3. The molecule has 1 aliphatic heterocycles. The quantitative estimate of drug-likeness (QED) is 0.308. The maximum Gasteiger partial charge on any atom is 0.344 e. The summed E-state index contributed by atoms with van der Waals surface area (Å²) in [6, 6.07) is 15.3. The molecule has 9 heteroatoms. The van der Waals surface area contributed by atoms with Crippen molar-refractivity contribution in [1.29, 1.82) is 0 Å². The second kappa shape index (κ2) is 11.9. The van der Waals surface area contributed by atoms with Crippen LogP contribution in [0.3, 0.4) is 0 Å². The summed E-state index contributed by atoms with van der Waals surface area (Å²) in [5, 5.41) is 15.2. The number of carbonyl (C=O) groups excluding carboxylic acids is 2. The summed E-state index contributed by atoms with van der Waals surface area (Å²) in [7, 11) is 1.58. The number of amides is 1. The summed E-state index contributed by atoms with van der Waals surface area (Å²) in [5.41, 5.74) is 3.48. The summed E-state index contributed by atoms with van der Waals surface area (Å²) in [6.45, 7) is 4.88. The SMILES string of the molecule is CCOC(=O)C1=C(O)/C(=C/c2cn(CC(=O)NCCOC)c3ccccc23)SC1=Nc1ccc(C)cc1. The van der Waals surface area contributed by atoms with Crippen LogP contribution in [0, 0.1) is 6.92 Å². The molecule has 2 aromatic carbocycles. The molecule has 1 aromatic heterocycles. The summed E-state index contributed by atoms with van der Waals surface area (Å²) in [5.74, 6) is -0.938. The first-order chi connectivity index (χ1) is 17.9. The van der Waals surface area contributed by atoms with E-state index in [9.17, 15) is 14.7 Å². The van der Waals surface area contributed by atoms with Gasteiger partial charge >= 0.3 is 5.97 Å². The van der Waals surface area contributed by atoms with Gasteiger partial charge in [0.15, 0.2) is 0 Å². The van der Waals surface area contributed by atoms with Crippen LogP contribution >= 0.6 is 11.8 Å². The zero-order chi connectivity index (χ0) is 26.4. The molecule has 8 nitrogen and oxygen atoms in total. The molecule has 0 radical (unpaired) electrons. The highest BCUT2D eigenvalue weighted by molar-refractivity contribution is 8.18. The van der Waals surface area contributed by atoms with Crippen molar-refractivity contribution in [1.82, 2.24) is 9.88 Å². The van der Waals surface area contributed by atoms with Gasteiger partial charge in [0.05, 0.1) is 23.8 Å². The number of esters is 1. The number of ether oxygens (including phenoxy) is 2. The van der Waals surface area contributed by atoms with Crippen molar-refractivity contribution < 1.29 is 24.2 Å². The largest absolute Gasteiger partial charge is 0.506 e. The van der Waals surface area contributed by atoms with Gasteiger partial charge in [-0.25, -0.2) is 9.79 Å². The highest BCUT2D eigenvalue weighted by Crippen LogP contribution is 2.41.